The van der Waals surface area contributed by atoms with Gasteiger partial charge in [0.1, 0.15) is 5.75 Å². The molecule has 0 radical (unpaired) electrons. The van der Waals surface area contributed by atoms with Gasteiger partial charge in [0.25, 0.3) is 0 Å². The van der Waals surface area contributed by atoms with Crippen LogP contribution in [0.3, 0.4) is 0 Å². The first kappa shape index (κ1) is 17.4. The van der Waals surface area contributed by atoms with Crippen molar-refractivity contribution >= 4 is 16.5 Å². The van der Waals surface area contributed by atoms with Gasteiger partial charge in [-0.2, -0.15) is 0 Å². The number of nitrogens with one attached hydrogen (secondary N) is 1. The fourth-order valence-corrected chi connectivity index (χ4v) is 5.19. The molecule has 3 atom stereocenters. The van der Waals surface area contributed by atoms with Gasteiger partial charge in [-0.25, -0.2) is 0 Å². The van der Waals surface area contributed by atoms with E-state index in [-0.39, 0.29) is 6.04 Å². The predicted molar refractivity (Wildman–Crippen MR) is 117 cm³/mol. The molecule has 2 nitrogen and oxygen atoms in total. The Balaban J connectivity index is 1.74. The highest BCUT2D eigenvalue weighted by molar-refractivity contribution is 5.89. The summed E-state index contributed by atoms with van der Waals surface area (Å²) in [4.78, 5) is 0. The van der Waals surface area contributed by atoms with Crippen LogP contribution < -0.4 is 10.1 Å². The van der Waals surface area contributed by atoms with E-state index in [1.54, 1.807) is 7.11 Å². The predicted octanol–water partition coefficient (Wildman–Crippen LogP) is 6.80. The summed E-state index contributed by atoms with van der Waals surface area (Å²) in [6.45, 7) is 4.56. The summed E-state index contributed by atoms with van der Waals surface area (Å²) in [5.41, 5.74) is 5.47. The number of para-hydroxylation sites is 1. The number of ether oxygens (including phenoxy) is 1. The van der Waals surface area contributed by atoms with Crippen LogP contribution in [0.25, 0.3) is 10.8 Å². The van der Waals surface area contributed by atoms with Crippen molar-refractivity contribution in [3.63, 3.8) is 0 Å². The van der Waals surface area contributed by atoms with Crippen molar-refractivity contribution in [2.75, 3.05) is 12.4 Å². The molecule has 0 saturated carbocycles. The minimum atomic E-state index is 0.230. The lowest BCUT2D eigenvalue weighted by Crippen LogP contribution is -2.30. The summed E-state index contributed by atoms with van der Waals surface area (Å²) in [7, 11) is 1.79. The van der Waals surface area contributed by atoms with Crippen LogP contribution in [-0.4, -0.2) is 7.11 Å². The zero-order valence-electron chi connectivity index (χ0n) is 16.8. The molecule has 0 amide bonds. The second-order valence-electron chi connectivity index (χ2n) is 8.34. The molecular weight excluding hydrogens is 342 g/mol. The van der Waals surface area contributed by atoms with E-state index >= 15 is 0 Å². The Bertz CT molecular complexity index is 1070. The van der Waals surface area contributed by atoms with Gasteiger partial charge in [0.05, 0.1) is 13.2 Å². The van der Waals surface area contributed by atoms with Crippen molar-refractivity contribution in [3.8, 4) is 5.75 Å². The summed E-state index contributed by atoms with van der Waals surface area (Å²) in [5.74, 6) is 2.44. The van der Waals surface area contributed by atoms with Crippen LogP contribution in [0.5, 0.6) is 5.75 Å². The topological polar surface area (TPSA) is 21.3 Å². The van der Waals surface area contributed by atoms with E-state index in [2.05, 4.69) is 85.9 Å². The van der Waals surface area contributed by atoms with E-state index in [0.29, 0.717) is 17.8 Å². The van der Waals surface area contributed by atoms with Gasteiger partial charge >= 0.3 is 0 Å². The van der Waals surface area contributed by atoms with Crippen LogP contribution in [0.4, 0.5) is 5.69 Å². The lowest BCUT2D eigenvalue weighted by molar-refractivity contribution is 0.383. The second-order valence-corrected chi connectivity index (χ2v) is 8.34. The number of rotatable bonds is 3. The smallest absolute Gasteiger partial charge is 0.124 e. The lowest BCUT2D eigenvalue weighted by Gasteiger charge is -2.40. The maximum absolute atomic E-state index is 5.86. The van der Waals surface area contributed by atoms with Gasteiger partial charge in [-0.3, -0.25) is 0 Å². The zero-order valence-corrected chi connectivity index (χ0v) is 16.8. The number of hydrogen-bond acceptors (Lipinski definition) is 2. The van der Waals surface area contributed by atoms with Crippen molar-refractivity contribution in [1.82, 2.24) is 0 Å². The van der Waals surface area contributed by atoms with Crippen molar-refractivity contribution in [1.29, 1.82) is 0 Å². The fourth-order valence-electron chi connectivity index (χ4n) is 5.19. The summed E-state index contributed by atoms with van der Waals surface area (Å²) in [6, 6.07) is 20.0. The summed E-state index contributed by atoms with van der Waals surface area (Å²) in [6.07, 6.45) is 5.87. The first-order valence-electron chi connectivity index (χ1n) is 10.3. The van der Waals surface area contributed by atoms with Gasteiger partial charge in [0.2, 0.25) is 0 Å². The minimum Gasteiger partial charge on any atom is -0.496 e. The molecule has 5 rings (SSSR count). The molecule has 2 aliphatic rings. The lowest BCUT2D eigenvalue weighted by atomic mass is 9.74. The average molecular weight is 370 g/mol. The van der Waals surface area contributed by atoms with E-state index < -0.39 is 0 Å². The van der Waals surface area contributed by atoms with Crippen molar-refractivity contribution in [2.45, 2.75) is 38.1 Å². The normalized spacial score (nSPS) is 22.8. The van der Waals surface area contributed by atoms with Crippen LogP contribution in [0.2, 0.25) is 0 Å². The molecule has 1 aliphatic heterocycles. The van der Waals surface area contributed by atoms with Crippen LogP contribution in [0, 0.1) is 5.92 Å². The Morgan fingerprint density at radius 2 is 1.86 bits per heavy atom. The molecule has 0 bridgehead atoms. The van der Waals surface area contributed by atoms with Gasteiger partial charge in [0.15, 0.2) is 0 Å². The highest BCUT2D eigenvalue weighted by Crippen LogP contribution is 2.53. The molecule has 0 saturated heterocycles. The van der Waals surface area contributed by atoms with Gasteiger partial charge < -0.3 is 10.1 Å². The van der Waals surface area contributed by atoms with E-state index in [9.17, 15) is 0 Å². The summed E-state index contributed by atoms with van der Waals surface area (Å²) < 4.78 is 5.86. The Kier molecular flexibility index (Phi) is 4.16. The number of fused-ring (bicyclic) bond motifs is 4. The molecule has 2 heteroatoms. The fraction of sp³-hybridized carbons (Fsp3) is 0.308. The van der Waals surface area contributed by atoms with Gasteiger partial charge in [-0.15, -0.1) is 0 Å². The molecule has 28 heavy (non-hydrogen) atoms. The number of methoxy groups -OCH3 is 1. The Morgan fingerprint density at radius 1 is 1.00 bits per heavy atom. The quantitative estimate of drug-likeness (QED) is 0.513. The van der Waals surface area contributed by atoms with E-state index in [1.807, 2.05) is 0 Å². The molecule has 1 aliphatic carbocycles. The number of allylic oxidation sites excluding steroid dienone is 2. The Labute approximate surface area is 167 Å². The largest absolute Gasteiger partial charge is 0.496 e. The number of hydrogen-bond donors (Lipinski definition) is 1. The maximum Gasteiger partial charge on any atom is 0.124 e. The molecule has 3 aromatic carbocycles. The van der Waals surface area contributed by atoms with Gasteiger partial charge in [-0.1, -0.05) is 74.5 Å². The molecular formula is C26H27NO. The third kappa shape index (κ3) is 2.55. The van der Waals surface area contributed by atoms with Crippen LogP contribution >= 0.6 is 0 Å². The average Bonchev–Trinajstić information content (AvgIpc) is 3.22. The van der Waals surface area contributed by atoms with Crippen LogP contribution in [-0.2, 0) is 0 Å². The highest BCUT2D eigenvalue weighted by Gasteiger charge is 2.40. The molecule has 0 spiro atoms. The molecule has 142 valence electrons. The summed E-state index contributed by atoms with van der Waals surface area (Å²) in [5, 5.41) is 6.54. The van der Waals surface area contributed by atoms with Crippen LogP contribution in [0.1, 0.15) is 54.8 Å². The third-order valence-electron chi connectivity index (χ3n) is 6.51. The van der Waals surface area contributed by atoms with Gasteiger partial charge in [-0.05, 0) is 46.2 Å². The monoisotopic (exact) mass is 369 g/mol. The van der Waals surface area contributed by atoms with E-state index in [4.69, 9.17) is 4.74 Å². The molecule has 0 aromatic heterocycles. The second kappa shape index (κ2) is 6.70. The van der Waals surface area contributed by atoms with E-state index in [0.717, 1.165) is 12.2 Å². The molecule has 0 fully saturated rings. The first-order valence-corrected chi connectivity index (χ1v) is 10.3. The molecule has 3 aromatic rings. The standard InChI is InChI=1S/C26H27NO/c1-16(2)18-10-6-12-21-20-11-7-13-22(20)26(27-25(18)21)24-19-9-5-4-8-17(19)14-15-23(24)28-3/h4-12,14-16,20,22,26-27H,13H2,1-3H3. The highest BCUT2D eigenvalue weighted by atomic mass is 16.5. The van der Waals surface area contributed by atoms with Crippen molar-refractivity contribution < 1.29 is 4.74 Å². The zero-order chi connectivity index (χ0) is 19.3. The first-order chi connectivity index (χ1) is 13.7. The van der Waals surface area contributed by atoms with E-state index in [1.165, 1.54) is 33.2 Å². The minimum absolute atomic E-state index is 0.230. The number of benzene rings is 3. The Hall–Kier alpha value is -2.74. The maximum atomic E-state index is 5.86. The van der Waals surface area contributed by atoms with Crippen LogP contribution in [0.15, 0.2) is 66.7 Å². The third-order valence-corrected chi connectivity index (χ3v) is 6.51. The van der Waals surface area contributed by atoms with Crippen molar-refractivity contribution in [2.24, 2.45) is 5.92 Å². The Morgan fingerprint density at radius 3 is 2.68 bits per heavy atom. The molecule has 1 N–H and O–H groups in total. The molecule has 3 unspecified atom stereocenters. The number of anilines is 1. The van der Waals surface area contributed by atoms with Crippen molar-refractivity contribution in [3.05, 3.63) is 83.4 Å². The summed E-state index contributed by atoms with van der Waals surface area (Å²) >= 11 is 0. The molecule has 1 heterocycles. The SMILES string of the molecule is COc1ccc2ccccc2c1C1Nc2c(C(C)C)cccc2C2C=CCC21. The van der Waals surface area contributed by atoms with Gasteiger partial charge in [0, 0.05) is 17.2 Å².